The number of benzene rings is 2. The molecule has 1 aliphatic rings. The van der Waals surface area contributed by atoms with Gasteiger partial charge in [-0.25, -0.2) is 0 Å². The first-order chi connectivity index (χ1) is 10.4. The van der Waals surface area contributed by atoms with Crippen LogP contribution < -0.4 is 5.32 Å². The first-order valence-electron chi connectivity index (χ1n) is 6.60. The number of alkyl halides is 2. The molecule has 0 unspecified atom stereocenters. The van der Waals surface area contributed by atoms with Gasteiger partial charge in [-0.15, -0.1) is 23.2 Å². The number of halogens is 4. The average molecular weight is 375 g/mol. The minimum Gasteiger partial charge on any atom is -0.326 e. The van der Waals surface area contributed by atoms with Crippen LogP contribution in [0, 0.1) is 5.92 Å². The second-order valence-electron chi connectivity index (χ2n) is 5.16. The fourth-order valence-corrected chi connectivity index (χ4v) is 3.65. The Bertz CT molecular complexity index is 717. The van der Waals surface area contributed by atoms with Crippen molar-refractivity contribution in [3.63, 3.8) is 0 Å². The fraction of sp³-hybridized carbons (Fsp3) is 0.188. The van der Waals surface area contributed by atoms with E-state index in [0.29, 0.717) is 15.7 Å². The summed E-state index contributed by atoms with van der Waals surface area (Å²) >= 11 is 24.4. The van der Waals surface area contributed by atoms with Gasteiger partial charge in [0, 0.05) is 11.6 Å². The lowest BCUT2D eigenvalue weighted by molar-refractivity contribution is -0.117. The summed E-state index contributed by atoms with van der Waals surface area (Å²) < 4.78 is -1.10. The van der Waals surface area contributed by atoms with E-state index < -0.39 is 10.3 Å². The summed E-state index contributed by atoms with van der Waals surface area (Å²) in [5.41, 5.74) is 1.50. The number of nitrogens with one attached hydrogen (secondary N) is 1. The van der Waals surface area contributed by atoms with Gasteiger partial charge in [-0.3, -0.25) is 4.79 Å². The van der Waals surface area contributed by atoms with E-state index in [1.807, 2.05) is 30.3 Å². The molecule has 1 aliphatic carbocycles. The summed E-state index contributed by atoms with van der Waals surface area (Å²) in [6.45, 7) is 0. The van der Waals surface area contributed by atoms with Crippen LogP contribution in [0.25, 0.3) is 0 Å². The number of hydrogen-bond donors (Lipinski definition) is 1. The molecule has 2 aromatic carbocycles. The summed E-state index contributed by atoms with van der Waals surface area (Å²) in [5.74, 6) is -0.968. The van der Waals surface area contributed by atoms with Gasteiger partial charge in [0.25, 0.3) is 0 Å². The standard InChI is InChI=1S/C16H11Cl4NO/c17-11-7-6-10(8-12(11)18)21-15(22)14-13(16(14,19)20)9-4-2-1-3-5-9/h1-8,13-14H,(H,21,22)/t13-,14+/m1/s1. The normalized spacial score (nSPS) is 22.2. The molecular weight excluding hydrogens is 364 g/mol. The van der Waals surface area contributed by atoms with Crippen LogP contribution in [-0.2, 0) is 4.79 Å². The van der Waals surface area contributed by atoms with Gasteiger partial charge in [0.1, 0.15) is 4.33 Å². The minimum absolute atomic E-state index is 0.222. The average Bonchev–Trinajstić information content (AvgIpc) is 3.07. The van der Waals surface area contributed by atoms with Crippen LogP contribution in [0.3, 0.4) is 0 Å². The van der Waals surface area contributed by atoms with Crippen molar-refractivity contribution in [1.82, 2.24) is 0 Å². The Kier molecular flexibility index (Phi) is 4.30. The minimum atomic E-state index is -1.10. The largest absolute Gasteiger partial charge is 0.326 e. The highest BCUT2D eigenvalue weighted by atomic mass is 35.5. The third kappa shape index (κ3) is 2.93. The van der Waals surface area contributed by atoms with E-state index in [2.05, 4.69) is 5.32 Å². The topological polar surface area (TPSA) is 29.1 Å². The Labute approximate surface area is 148 Å². The molecule has 6 heteroatoms. The zero-order valence-electron chi connectivity index (χ0n) is 11.2. The van der Waals surface area contributed by atoms with E-state index in [0.717, 1.165) is 5.56 Å². The second-order valence-corrected chi connectivity index (χ2v) is 7.42. The number of amides is 1. The molecule has 2 nitrogen and oxygen atoms in total. The van der Waals surface area contributed by atoms with E-state index >= 15 is 0 Å². The molecule has 0 saturated heterocycles. The molecule has 1 fully saturated rings. The lowest BCUT2D eigenvalue weighted by atomic mass is 10.1. The van der Waals surface area contributed by atoms with E-state index in [9.17, 15) is 4.79 Å². The van der Waals surface area contributed by atoms with E-state index in [-0.39, 0.29) is 11.8 Å². The van der Waals surface area contributed by atoms with E-state index in [4.69, 9.17) is 46.4 Å². The molecule has 1 amide bonds. The molecule has 22 heavy (non-hydrogen) atoms. The van der Waals surface area contributed by atoms with Gasteiger partial charge in [-0.05, 0) is 23.8 Å². The highest BCUT2D eigenvalue weighted by Crippen LogP contribution is 2.65. The molecule has 2 aromatic rings. The van der Waals surface area contributed by atoms with Crippen LogP contribution in [0.15, 0.2) is 48.5 Å². The summed E-state index contributed by atoms with van der Waals surface area (Å²) in [6.07, 6.45) is 0. The second kappa shape index (κ2) is 5.93. The molecule has 0 heterocycles. The molecule has 1 saturated carbocycles. The lowest BCUT2D eigenvalue weighted by Gasteiger charge is -2.06. The zero-order valence-corrected chi connectivity index (χ0v) is 14.2. The summed E-state index contributed by atoms with van der Waals surface area (Å²) in [4.78, 5) is 12.4. The highest BCUT2D eigenvalue weighted by molar-refractivity contribution is 6.53. The number of rotatable bonds is 3. The summed E-state index contributed by atoms with van der Waals surface area (Å²) in [7, 11) is 0. The summed E-state index contributed by atoms with van der Waals surface area (Å²) in [5, 5.41) is 3.58. The lowest BCUT2D eigenvalue weighted by Crippen LogP contribution is -2.17. The zero-order chi connectivity index (χ0) is 15.9. The fourth-order valence-electron chi connectivity index (χ4n) is 2.52. The summed E-state index contributed by atoms with van der Waals surface area (Å²) in [6, 6.07) is 14.4. The number of carbonyl (C=O) groups excluding carboxylic acids is 1. The first kappa shape index (κ1) is 15.9. The van der Waals surface area contributed by atoms with Crippen molar-refractivity contribution in [2.45, 2.75) is 10.3 Å². The molecule has 0 radical (unpaired) electrons. The van der Waals surface area contributed by atoms with Crippen LogP contribution in [0.2, 0.25) is 10.0 Å². The predicted molar refractivity (Wildman–Crippen MR) is 92.2 cm³/mol. The first-order valence-corrected chi connectivity index (χ1v) is 8.11. The molecule has 0 aromatic heterocycles. The molecule has 1 N–H and O–H groups in total. The Morgan fingerprint density at radius 2 is 1.68 bits per heavy atom. The molecule has 0 bridgehead atoms. The van der Waals surface area contributed by atoms with Gasteiger partial charge in [-0.2, -0.15) is 0 Å². The van der Waals surface area contributed by atoms with Crippen molar-refractivity contribution in [3.05, 3.63) is 64.1 Å². The van der Waals surface area contributed by atoms with Crippen molar-refractivity contribution in [2.24, 2.45) is 5.92 Å². The molecule has 0 spiro atoms. The Morgan fingerprint density at radius 3 is 2.32 bits per heavy atom. The quantitative estimate of drug-likeness (QED) is 0.704. The van der Waals surface area contributed by atoms with Crippen LogP contribution in [0.4, 0.5) is 5.69 Å². The van der Waals surface area contributed by atoms with Crippen LogP contribution in [0.5, 0.6) is 0 Å². The van der Waals surface area contributed by atoms with Crippen molar-refractivity contribution < 1.29 is 4.79 Å². The highest BCUT2D eigenvalue weighted by Gasteiger charge is 2.67. The third-order valence-electron chi connectivity index (χ3n) is 3.68. The predicted octanol–water partition coefficient (Wildman–Crippen LogP) is 5.52. The molecule has 3 rings (SSSR count). The molecule has 2 atom stereocenters. The Balaban J connectivity index is 1.77. The maximum Gasteiger partial charge on any atom is 0.231 e. The number of hydrogen-bond acceptors (Lipinski definition) is 1. The molecule has 0 aliphatic heterocycles. The third-order valence-corrected chi connectivity index (χ3v) is 5.36. The van der Waals surface area contributed by atoms with Crippen LogP contribution >= 0.6 is 46.4 Å². The molecule has 114 valence electrons. The van der Waals surface area contributed by atoms with Gasteiger partial charge < -0.3 is 5.32 Å². The maximum atomic E-state index is 12.4. The van der Waals surface area contributed by atoms with E-state index in [1.165, 1.54) is 0 Å². The van der Waals surface area contributed by atoms with Gasteiger partial charge in [0.05, 0.1) is 16.0 Å². The van der Waals surface area contributed by atoms with Crippen molar-refractivity contribution >= 4 is 58.0 Å². The maximum absolute atomic E-state index is 12.4. The smallest absolute Gasteiger partial charge is 0.231 e. The van der Waals surface area contributed by atoms with Crippen molar-refractivity contribution in [1.29, 1.82) is 0 Å². The SMILES string of the molecule is O=C(Nc1ccc(Cl)c(Cl)c1)[C@@H]1[C@@H](c2ccccc2)C1(Cl)Cl. The van der Waals surface area contributed by atoms with Crippen molar-refractivity contribution in [2.75, 3.05) is 5.32 Å². The Morgan fingerprint density at radius 1 is 1.00 bits per heavy atom. The van der Waals surface area contributed by atoms with Gasteiger partial charge in [-0.1, -0.05) is 53.5 Å². The Hall–Kier alpha value is -0.930. The molecular formula is C16H11Cl4NO. The monoisotopic (exact) mass is 373 g/mol. The van der Waals surface area contributed by atoms with Gasteiger partial charge >= 0.3 is 0 Å². The van der Waals surface area contributed by atoms with Crippen LogP contribution in [-0.4, -0.2) is 10.2 Å². The number of anilines is 1. The van der Waals surface area contributed by atoms with Gasteiger partial charge in [0.15, 0.2) is 0 Å². The van der Waals surface area contributed by atoms with Crippen molar-refractivity contribution in [3.8, 4) is 0 Å². The number of carbonyl (C=O) groups is 1. The van der Waals surface area contributed by atoms with E-state index in [1.54, 1.807) is 18.2 Å². The van der Waals surface area contributed by atoms with Gasteiger partial charge in [0.2, 0.25) is 5.91 Å². The van der Waals surface area contributed by atoms with Crippen LogP contribution in [0.1, 0.15) is 11.5 Å².